The number of esters is 1. The number of hydrogen-bond donors (Lipinski definition) is 1. The van der Waals surface area contributed by atoms with Crippen LogP contribution in [0, 0.1) is 23.2 Å². The zero-order valence-corrected chi connectivity index (χ0v) is 34.0. The van der Waals surface area contributed by atoms with E-state index >= 15 is 0 Å². The van der Waals surface area contributed by atoms with E-state index in [4.69, 9.17) is 25.8 Å². The van der Waals surface area contributed by atoms with Crippen LogP contribution < -0.4 is 15.0 Å². The molecule has 0 spiro atoms. The molecule has 2 rings (SSSR count). The van der Waals surface area contributed by atoms with Crippen LogP contribution in [0.15, 0.2) is 35.9 Å². The lowest BCUT2D eigenvalue weighted by Crippen LogP contribution is -2.55. The number of ether oxygens (including phenoxy) is 3. The highest BCUT2D eigenvalue weighted by Gasteiger charge is 2.45. The fourth-order valence-electron chi connectivity index (χ4n) is 7.08. The highest BCUT2D eigenvalue weighted by Crippen LogP contribution is 2.44. The molecule has 10 heteroatoms. The van der Waals surface area contributed by atoms with E-state index in [1.807, 2.05) is 76.9 Å². The Hall–Kier alpha value is -2.88. The summed E-state index contributed by atoms with van der Waals surface area (Å²) in [4.78, 5) is 44.0. The SMILES string of the molecule is COc1cc2cc(c1Cl)N(C)C(=O)CC(OC(=O)C(C)N(C)C(C)C)C(C)(C)C(C)C(C)C(C)CC(C)(NC(C)=O)C(OC)C=CC=C(C)C2. The van der Waals surface area contributed by atoms with E-state index < -0.39 is 29.2 Å². The normalized spacial score (nSPS) is 27.6. The lowest BCUT2D eigenvalue weighted by Gasteiger charge is -2.45. The summed E-state index contributed by atoms with van der Waals surface area (Å²) in [6, 6.07) is 3.40. The van der Waals surface area contributed by atoms with Crippen molar-refractivity contribution in [3.05, 3.63) is 46.5 Å². The summed E-state index contributed by atoms with van der Waals surface area (Å²) in [5.74, 6) is -0.0805. The maximum atomic E-state index is 14.2. The van der Waals surface area contributed by atoms with Gasteiger partial charge in [-0.15, -0.1) is 0 Å². The van der Waals surface area contributed by atoms with Crippen molar-refractivity contribution in [1.82, 2.24) is 10.2 Å². The van der Waals surface area contributed by atoms with Crippen molar-refractivity contribution in [1.29, 1.82) is 0 Å². The van der Waals surface area contributed by atoms with Gasteiger partial charge < -0.3 is 24.4 Å². The zero-order chi connectivity index (χ0) is 38.3. The largest absolute Gasteiger partial charge is 0.495 e. The Morgan fingerprint density at radius 3 is 2.26 bits per heavy atom. The Morgan fingerprint density at radius 2 is 1.72 bits per heavy atom. The number of allylic oxidation sites excluding steroid dienone is 3. The molecule has 0 radical (unpaired) electrons. The molecule has 1 heterocycles. The molecule has 0 saturated carbocycles. The lowest BCUT2D eigenvalue weighted by atomic mass is 9.64. The van der Waals surface area contributed by atoms with Gasteiger partial charge in [0.25, 0.3) is 0 Å². The number of amides is 2. The summed E-state index contributed by atoms with van der Waals surface area (Å²) < 4.78 is 18.0. The minimum Gasteiger partial charge on any atom is -0.495 e. The Labute approximate surface area is 307 Å². The van der Waals surface area contributed by atoms with Crippen molar-refractivity contribution in [2.75, 3.05) is 33.2 Å². The number of hydrogen-bond acceptors (Lipinski definition) is 7. The molecule has 0 aromatic heterocycles. The number of rotatable bonds is 7. The first-order valence-corrected chi connectivity index (χ1v) is 18.2. The maximum Gasteiger partial charge on any atom is 0.323 e. The third-order valence-electron chi connectivity index (χ3n) is 11.3. The van der Waals surface area contributed by atoms with Crippen LogP contribution in [0.4, 0.5) is 5.69 Å². The molecule has 1 aliphatic heterocycles. The summed E-state index contributed by atoms with van der Waals surface area (Å²) in [5.41, 5.74) is 1.15. The summed E-state index contributed by atoms with van der Waals surface area (Å²) in [6.07, 6.45) is 6.00. The average molecular weight is 718 g/mol. The highest BCUT2D eigenvalue weighted by atomic mass is 35.5. The first-order chi connectivity index (χ1) is 23.1. The Bertz CT molecular complexity index is 1410. The second-order valence-electron chi connectivity index (χ2n) is 15.6. The maximum absolute atomic E-state index is 14.2. The smallest absolute Gasteiger partial charge is 0.323 e. The van der Waals surface area contributed by atoms with Gasteiger partial charge in [0.2, 0.25) is 11.8 Å². The monoisotopic (exact) mass is 717 g/mol. The van der Waals surface area contributed by atoms with E-state index in [-0.39, 0.29) is 48.0 Å². The van der Waals surface area contributed by atoms with Crippen molar-refractivity contribution in [2.45, 2.75) is 125 Å². The predicted molar refractivity (Wildman–Crippen MR) is 204 cm³/mol. The molecule has 2 bridgehead atoms. The van der Waals surface area contributed by atoms with Gasteiger partial charge in [-0.25, -0.2) is 0 Å². The van der Waals surface area contributed by atoms with Gasteiger partial charge in [0, 0.05) is 32.5 Å². The van der Waals surface area contributed by atoms with Crippen LogP contribution in [0.3, 0.4) is 0 Å². The fourth-order valence-corrected chi connectivity index (χ4v) is 7.40. The van der Waals surface area contributed by atoms with E-state index in [1.165, 1.54) is 6.92 Å². The number of benzene rings is 1. The van der Waals surface area contributed by atoms with Crippen LogP contribution in [-0.4, -0.2) is 80.8 Å². The molecule has 282 valence electrons. The average Bonchev–Trinajstić information content (AvgIpc) is 3.03. The first kappa shape index (κ1) is 43.3. The van der Waals surface area contributed by atoms with Gasteiger partial charge in [0.05, 0.1) is 30.9 Å². The molecule has 7 unspecified atom stereocenters. The molecule has 2 amide bonds. The van der Waals surface area contributed by atoms with Crippen molar-refractivity contribution in [2.24, 2.45) is 23.2 Å². The third-order valence-corrected chi connectivity index (χ3v) is 11.7. The van der Waals surface area contributed by atoms with Crippen LogP contribution in [0.1, 0.15) is 94.6 Å². The van der Waals surface area contributed by atoms with E-state index in [0.29, 0.717) is 29.3 Å². The van der Waals surface area contributed by atoms with Crippen LogP contribution in [0.2, 0.25) is 5.02 Å². The molecule has 0 fully saturated rings. The number of carbonyl (C=O) groups is 3. The van der Waals surface area contributed by atoms with Gasteiger partial charge in [-0.05, 0) is 90.0 Å². The molecule has 1 N–H and O–H groups in total. The van der Waals surface area contributed by atoms with Crippen molar-refractivity contribution in [3.63, 3.8) is 0 Å². The zero-order valence-electron chi connectivity index (χ0n) is 33.3. The number of halogens is 1. The number of fused-ring (bicyclic) bond motifs is 2. The molecule has 50 heavy (non-hydrogen) atoms. The van der Waals surface area contributed by atoms with Gasteiger partial charge >= 0.3 is 5.97 Å². The van der Waals surface area contributed by atoms with E-state index in [0.717, 1.165) is 11.1 Å². The number of methoxy groups -OCH3 is 2. The van der Waals surface area contributed by atoms with E-state index in [9.17, 15) is 14.4 Å². The van der Waals surface area contributed by atoms with Crippen molar-refractivity contribution in [3.8, 4) is 5.75 Å². The van der Waals surface area contributed by atoms with Crippen LogP contribution in [0.25, 0.3) is 0 Å². The number of carbonyl (C=O) groups excluding carboxylic acids is 3. The molecular formula is C40H64ClN3O6. The Balaban J connectivity index is 2.80. The van der Waals surface area contributed by atoms with Gasteiger partial charge in [-0.2, -0.15) is 0 Å². The van der Waals surface area contributed by atoms with Gasteiger partial charge in [0.15, 0.2) is 0 Å². The number of anilines is 1. The molecular weight excluding hydrogens is 654 g/mol. The molecule has 1 aromatic rings. The topological polar surface area (TPSA) is 97.4 Å². The summed E-state index contributed by atoms with van der Waals surface area (Å²) in [6.45, 7) is 22.1. The molecule has 0 saturated heterocycles. The minimum absolute atomic E-state index is 0.00988. The fraction of sp³-hybridized carbons (Fsp3) is 0.675. The molecule has 1 aromatic carbocycles. The van der Waals surface area contributed by atoms with Crippen LogP contribution >= 0.6 is 11.6 Å². The van der Waals surface area contributed by atoms with Crippen molar-refractivity contribution < 1.29 is 28.6 Å². The molecule has 7 atom stereocenters. The summed E-state index contributed by atoms with van der Waals surface area (Å²) >= 11 is 6.82. The number of nitrogens with one attached hydrogen (secondary N) is 1. The second kappa shape index (κ2) is 18.1. The highest BCUT2D eigenvalue weighted by molar-refractivity contribution is 6.35. The van der Waals surface area contributed by atoms with Gasteiger partial charge in [0.1, 0.15) is 22.9 Å². The van der Waals surface area contributed by atoms with E-state index in [2.05, 4.69) is 39.9 Å². The lowest BCUT2D eigenvalue weighted by molar-refractivity contribution is -0.166. The molecule has 0 aliphatic carbocycles. The van der Waals surface area contributed by atoms with Crippen LogP contribution in [0.5, 0.6) is 5.75 Å². The second-order valence-corrected chi connectivity index (χ2v) is 16.0. The van der Waals surface area contributed by atoms with Gasteiger partial charge in [-0.3, -0.25) is 19.3 Å². The summed E-state index contributed by atoms with van der Waals surface area (Å²) in [7, 11) is 6.81. The predicted octanol–water partition coefficient (Wildman–Crippen LogP) is 7.64. The number of likely N-dealkylation sites (N-methyl/N-ethyl adjacent to an activating group) is 1. The quantitative estimate of drug-likeness (QED) is 0.290. The van der Waals surface area contributed by atoms with E-state index in [1.54, 1.807) is 26.2 Å². The first-order valence-electron chi connectivity index (χ1n) is 17.8. The van der Waals surface area contributed by atoms with Crippen molar-refractivity contribution >= 4 is 35.1 Å². The minimum atomic E-state index is -0.745. The van der Waals surface area contributed by atoms with Crippen LogP contribution in [-0.2, 0) is 30.3 Å². The number of nitrogens with zero attached hydrogens (tertiary/aromatic N) is 2. The molecule has 9 nitrogen and oxygen atoms in total. The standard InChI is InChI=1S/C40H64ClN3O6/c1-24(2)43(12)29(7)38(47)50-35-22-36(46)44(13)32-20-31(21-33(48-14)37(32)41)19-25(3)17-16-18-34(49-15)40(11,42-30(8)45)23-26(4)27(5)28(6)39(35,9)10/h16-18,20-21,24,26-29,34-35H,19,22-23H2,1-15H3,(H,42,45). The molecule has 1 aliphatic rings. The van der Waals surface area contributed by atoms with Gasteiger partial charge in [-0.1, -0.05) is 70.0 Å². The summed E-state index contributed by atoms with van der Waals surface area (Å²) in [5, 5.41) is 3.53. The Kier molecular flexibility index (Phi) is 15.6. The Morgan fingerprint density at radius 1 is 1.10 bits per heavy atom. The third kappa shape index (κ3) is 10.6.